The van der Waals surface area contributed by atoms with Crippen LogP contribution in [-0.2, 0) is 27.2 Å². The van der Waals surface area contributed by atoms with Crippen molar-refractivity contribution in [2.24, 2.45) is 0 Å². The van der Waals surface area contributed by atoms with Gasteiger partial charge in [-0.25, -0.2) is 9.69 Å². The highest BCUT2D eigenvalue weighted by atomic mass is 16.2. The number of urea groups is 1. The van der Waals surface area contributed by atoms with E-state index in [-0.39, 0.29) is 0 Å². The number of hydrogen-bond acceptors (Lipinski definition) is 4. The maximum Gasteiger partial charge on any atom is 0.334 e. The van der Waals surface area contributed by atoms with Crippen LogP contribution in [0, 0.1) is 0 Å². The number of nitrogens with zero attached hydrogens (tertiary/aromatic N) is 2. The van der Waals surface area contributed by atoms with Crippen molar-refractivity contribution in [2.45, 2.75) is 46.6 Å². The van der Waals surface area contributed by atoms with Gasteiger partial charge < -0.3 is 5.32 Å². The van der Waals surface area contributed by atoms with Gasteiger partial charge in [0.15, 0.2) is 0 Å². The average molecular weight is 345 g/mol. The second-order valence-corrected chi connectivity index (χ2v) is 6.15. The van der Waals surface area contributed by atoms with E-state index in [0.717, 1.165) is 28.9 Å². The predicted molar refractivity (Wildman–Crippen MR) is 92.9 cm³/mol. The third-order valence-corrected chi connectivity index (χ3v) is 4.17. The van der Waals surface area contributed by atoms with Crippen LogP contribution in [0.2, 0.25) is 0 Å². The Bertz CT molecular complexity index is 705. The molecule has 1 aliphatic heterocycles. The zero-order valence-electron chi connectivity index (χ0n) is 15.0. The standard InChI is InChI=1S/C18H23N3O4/c1-5-12-8-7-9-13(6-2)15(12)19-14(22)10-20-16(23)17(24)21(11(3)4)18(20)25/h7-9,11H,5-6,10H2,1-4H3,(H,19,22). The number of imide groups is 2. The Kier molecular flexibility index (Phi) is 5.56. The number of hydrogen-bond donors (Lipinski definition) is 1. The summed E-state index contributed by atoms with van der Waals surface area (Å²) in [6.45, 7) is 6.76. The molecule has 1 saturated heterocycles. The van der Waals surface area contributed by atoms with E-state index in [0.29, 0.717) is 10.6 Å². The van der Waals surface area contributed by atoms with Crippen LogP contribution in [0.3, 0.4) is 0 Å². The summed E-state index contributed by atoms with van der Waals surface area (Å²) in [5.74, 6) is -2.36. The molecule has 1 aromatic rings. The number of para-hydroxylation sites is 1. The highest BCUT2D eigenvalue weighted by Crippen LogP contribution is 2.23. The van der Waals surface area contributed by atoms with Crippen molar-refractivity contribution < 1.29 is 19.2 Å². The first-order chi connectivity index (χ1) is 11.8. The molecule has 0 aromatic heterocycles. The molecule has 1 aliphatic rings. The monoisotopic (exact) mass is 345 g/mol. The number of anilines is 1. The van der Waals surface area contributed by atoms with E-state index in [9.17, 15) is 19.2 Å². The first-order valence-electron chi connectivity index (χ1n) is 8.41. The molecule has 0 bridgehead atoms. The first kappa shape index (κ1) is 18.6. The van der Waals surface area contributed by atoms with Crippen LogP contribution in [0.5, 0.6) is 0 Å². The fourth-order valence-electron chi connectivity index (χ4n) is 2.84. The van der Waals surface area contributed by atoms with Crippen LogP contribution < -0.4 is 5.32 Å². The lowest BCUT2D eigenvalue weighted by Crippen LogP contribution is -2.40. The maximum atomic E-state index is 12.4. The maximum absolute atomic E-state index is 12.4. The Morgan fingerprint density at radius 2 is 1.60 bits per heavy atom. The molecule has 25 heavy (non-hydrogen) atoms. The minimum absolute atomic E-state index is 0.440. The second kappa shape index (κ2) is 7.46. The summed E-state index contributed by atoms with van der Waals surface area (Å²) in [6, 6.07) is 4.58. The molecule has 0 spiro atoms. The largest absolute Gasteiger partial charge is 0.334 e. The SMILES string of the molecule is CCc1cccc(CC)c1NC(=O)CN1C(=O)C(=O)N(C(C)C)C1=O. The molecule has 0 unspecified atom stereocenters. The zero-order valence-corrected chi connectivity index (χ0v) is 15.0. The Balaban J connectivity index is 2.18. The molecule has 5 amide bonds. The molecule has 1 heterocycles. The number of rotatable bonds is 6. The molecular weight excluding hydrogens is 322 g/mol. The van der Waals surface area contributed by atoms with E-state index in [4.69, 9.17) is 0 Å². The Morgan fingerprint density at radius 1 is 1.04 bits per heavy atom. The van der Waals surface area contributed by atoms with Gasteiger partial charge in [0.05, 0.1) is 0 Å². The van der Waals surface area contributed by atoms with E-state index in [1.807, 2.05) is 32.0 Å². The molecule has 1 aromatic carbocycles. The number of amides is 5. The molecule has 1 fully saturated rings. The summed E-state index contributed by atoms with van der Waals surface area (Å²) in [4.78, 5) is 50.1. The molecule has 2 rings (SSSR count). The van der Waals surface area contributed by atoms with Crippen molar-refractivity contribution in [1.29, 1.82) is 0 Å². The molecule has 7 nitrogen and oxygen atoms in total. The van der Waals surface area contributed by atoms with E-state index in [1.165, 1.54) is 0 Å². The number of nitrogens with one attached hydrogen (secondary N) is 1. The molecule has 0 atom stereocenters. The van der Waals surface area contributed by atoms with Crippen molar-refractivity contribution in [2.75, 3.05) is 11.9 Å². The van der Waals surface area contributed by atoms with Crippen LogP contribution >= 0.6 is 0 Å². The van der Waals surface area contributed by atoms with Gasteiger partial charge in [-0.2, -0.15) is 0 Å². The van der Waals surface area contributed by atoms with E-state index >= 15 is 0 Å². The van der Waals surface area contributed by atoms with Gasteiger partial charge in [0, 0.05) is 11.7 Å². The quantitative estimate of drug-likeness (QED) is 0.631. The fourth-order valence-corrected chi connectivity index (χ4v) is 2.84. The Morgan fingerprint density at radius 3 is 2.04 bits per heavy atom. The van der Waals surface area contributed by atoms with E-state index in [2.05, 4.69) is 5.32 Å². The molecule has 0 aliphatic carbocycles. The summed E-state index contributed by atoms with van der Waals surface area (Å²) in [6.07, 6.45) is 1.48. The minimum atomic E-state index is -0.964. The zero-order chi connectivity index (χ0) is 18.7. The second-order valence-electron chi connectivity index (χ2n) is 6.15. The smallest absolute Gasteiger partial charge is 0.324 e. The summed E-state index contributed by atoms with van der Waals surface area (Å²) in [5, 5.41) is 2.79. The number of carbonyl (C=O) groups is 4. The van der Waals surface area contributed by atoms with Crippen molar-refractivity contribution >= 4 is 29.4 Å². The Labute approximate surface area is 147 Å². The number of benzene rings is 1. The number of carbonyl (C=O) groups excluding carboxylic acids is 4. The molecule has 0 saturated carbocycles. The minimum Gasteiger partial charge on any atom is -0.324 e. The van der Waals surface area contributed by atoms with Crippen LogP contribution in [0.1, 0.15) is 38.8 Å². The number of aryl methyl sites for hydroxylation is 2. The van der Waals surface area contributed by atoms with Crippen molar-refractivity contribution in [3.63, 3.8) is 0 Å². The van der Waals surface area contributed by atoms with Gasteiger partial charge >= 0.3 is 17.8 Å². The molecule has 0 radical (unpaired) electrons. The first-order valence-corrected chi connectivity index (χ1v) is 8.41. The van der Waals surface area contributed by atoms with Gasteiger partial charge in [0.25, 0.3) is 0 Å². The van der Waals surface area contributed by atoms with E-state index in [1.54, 1.807) is 13.8 Å². The average Bonchev–Trinajstić information content (AvgIpc) is 2.78. The van der Waals surface area contributed by atoms with Crippen molar-refractivity contribution in [3.05, 3.63) is 29.3 Å². The van der Waals surface area contributed by atoms with E-state index < -0.39 is 36.3 Å². The predicted octanol–water partition coefficient (Wildman–Crippen LogP) is 1.95. The summed E-state index contributed by atoms with van der Waals surface area (Å²) >= 11 is 0. The van der Waals surface area contributed by atoms with Gasteiger partial charge in [-0.1, -0.05) is 32.0 Å². The van der Waals surface area contributed by atoms with Crippen molar-refractivity contribution in [3.8, 4) is 0 Å². The molecular formula is C18H23N3O4. The molecule has 134 valence electrons. The lowest BCUT2D eigenvalue weighted by atomic mass is 10.0. The van der Waals surface area contributed by atoms with Crippen LogP contribution in [0.15, 0.2) is 18.2 Å². The topological polar surface area (TPSA) is 86.8 Å². The van der Waals surface area contributed by atoms with Crippen LogP contribution in [-0.4, -0.2) is 46.1 Å². The molecule has 7 heteroatoms. The van der Waals surface area contributed by atoms with Crippen LogP contribution in [0.4, 0.5) is 10.5 Å². The van der Waals surface area contributed by atoms with Crippen molar-refractivity contribution in [1.82, 2.24) is 9.80 Å². The highest BCUT2D eigenvalue weighted by molar-refractivity contribution is 6.45. The summed E-state index contributed by atoms with van der Waals surface area (Å²) in [7, 11) is 0. The lowest BCUT2D eigenvalue weighted by Gasteiger charge is -2.19. The van der Waals surface area contributed by atoms with Gasteiger partial charge in [0.1, 0.15) is 6.54 Å². The molecule has 1 N–H and O–H groups in total. The Hall–Kier alpha value is -2.70. The fraction of sp³-hybridized carbons (Fsp3) is 0.444. The third kappa shape index (κ3) is 3.55. The summed E-state index contributed by atoms with van der Waals surface area (Å²) in [5.41, 5.74) is 2.67. The third-order valence-electron chi connectivity index (χ3n) is 4.17. The van der Waals surface area contributed by atoms with Gasteiger partial charge in [-0.15, -0.1) is 0 Å². The lowest BCUT2D eigenvalue weighted by molar-refractivity contribution is -0.144. The van der Waals surface area contributed by atoms with Gasteiger partial charge in [0.2, 0.25) is 5.91 Å². The van der Waals surface area contributed by atoms with Crippen LogP contribution in [0.25, 0.3) is 0 Å². The van der Waals surface area contributed by atoms with Gasteiger partial charge in [-0.05, 0) is 37.8 Å². The van der Waals surface area contributed by atoms with Gasteiger partial charge in [-0.3, -0.25) is 19.3 Å². The summed E-state index contributed by atoms with van der Waals surface area (Å²) < 4.78 is 0. The highest BCUT2D eigenvalue weighted by Gasteiger charge is 2.46. The normalized spacial score (nSPS) is 14.7.